The molecular weight excluding hydrogens is 320 g/mol. The van der Waals surface area contributed by atoms with E-state index >= 15 is 0 Å². The van der Waals surface area contributed by atoms with Crippen LogP contribution in [0.5, 0.6) is 0 Å². The Morgan fingerprint density at radius 2 is 2.05 bits per heavy atom. The summed E-state index contributed by atoms with van der Waals surface area (Å²) in [7, 11) is 0. The van der Waals surface area contributed by atoms with Crippen molar-refractivity contribution in [2.75, 3.05) is 5.33 Å². The second kappa shape index (κ2) is 6.60. The molecule has 1 heteroatoms. The lowest BCUT2D eigenvalue weighted by Crippen LogP contribution is -2.43. The van der Waals surface area contributed by atoms with Crippen molar-refractivity contribution in [3.8, 4) is 0 Å². The van der Waals surface area contributed by atoms with Gasteiger partial charge in [0.05, 0.1) is 0 Å². The van der Waals surface area contributed by atoms with E-state index in [1.54, 1.807) is 0 Å². The maximum Gasteiger partial charge on any atom is 0.0214 e. The number of allylic oxidation sites excluding steroid dienone is 4. The van der Waals surface area contributed by atoms with Crippen LogP contribution in [0.2, 0.25) is 0 Å². The van der Waals surface area contributed by atoms with Crippen molar-refractivity contribution in [3.05, 3.63) is 23.3 Å². The van der Waals surface area contributed by atoms with E-state index in [4.69, 9.17) is 0 Å². The van der Waals surface area contributed by atoms with Gasteiger partial charge in [-0.05, 0) is 68.1 Å². The van der Waals surface area contributed by atoms with Crippen LogP contribution in [0.4, 0.5) is 0 Å². The van der Waals surface area contributed by atoms with Crippen LogP contribution in [-0.2, 0) is 0 Å². The summed E-state index contributed by atoms with van der Waals surface area (Å²) in [6, 6.07) is 0. The van der Waals surface area contributed by atoms with Gasteiger partial charge >= 0.3 is 0 Å². The molecule has 2 rings (SSSR count). The standard InChI is InChI=1S/C20H33Br/c1-15(11-14-21)10-13-20(5)16(2)8-9-17-18(20)7-6-12-19(17,3)4/h7,11,16-17H,6,8-10,12-14H2,1-5H3/b15-11+/t16-,17+,20+/m1/s1. The van der Waals surface area contributed by atoms with Crippen LogP contribution in [0.3, 0.4) is 0 Å². The van der Waals surface area contributed by atoms with Crippen LogP contribution < -0.4 is 0 Å². The minimum atomic E-state index is 0.419. The Balaban J connectivity index is 2.22. The van der Waals surface area contributed by atoms with Crippen molar-refractivity contribution in [2.24, 2.45) is 22.7 Å². The quantitative estimate of drug-likeness (QED) is 0.381. The van der Waals surface area contributed by atoms with E-state index in [9.17, 15) is 0 Å². The zero-order chi connectivity index (χ0) is 15.7. The summed E-state index contributed by atoms with van der Waals surface area (Å²) < 4.78 is 0. The molecule has 3 atom stereocenters. The summed E-state index contributed by atoms with van der Waals surface area (Å²) in [4.78, 5) is 0. The molecule has 1 fully saturated rings. The molecule has 1 saturated carbocycles. The van der Waals surface area contributed by atoms with Gasteiger partial charge in [-0.25, -0.2) is 0 Å². The maximum atomic E-state index is 3.52. The van der Waals surface area contributed by atoms with Gasteiger partial charge in [-0.3, -0.25) is 0 Å². The molecule has 0 aliphatic heterocycles. The molecular formula is C20H33Br. The second-order valence-electron chi connectivity index (χ2n) is 8.34. The molecule has 0 radical (unpaired) electrons. The zero-order valence-corrected chi connectivity index (χ0v) is 16.2. The van der Waals surface area contributed by atoms with Gasteiger partial charge < -0.3 is 0 Å². The molecule has 0 saturated heterocycles. The summed E-state index contributed by atoms with van der Waals surface area (Å²) in [5.41, 5.74) is 4.27. The Kier molecular flexibility index (Phi) is 5.45. The first-order valence-corrected chi connectivity index (χ1v) is 9.85. The van der Waals surface area contributed by atoms with Crippen LogP contribution >= 0.6 is 15.9 Å². The first-order chi connectivity index (χ1) is 9.81. The molecule has 0 bridgehead atoms. The molecule has 0 aromatic carbocycles. The van der Waals surface area contributed by atoms with Gasteiger partial charge in [0, 0.05) is 5.33 Å². The average Bonchev–Trinajstić information content (AvgIpc) is 2.41. The zero-order valence-electron chi connectivity index (χ0n) is 14.6. The number of halogens is 1. The molecule has 0 spiro atoms. The van der Waals surface area contributed by atoms with E-state index in [0.717, 1.165) is 17.2 Å². The Morgan fingerprint density at radius 3 is 2.71 bits per heavy atom. The van der Waals surface area contributed by atoms with Gasteiger partial charge in [-0.1, -0.05) is 66.9 Å². The maximum absolute atomic E-state index is 3.52. The van der Waals surface area contributed by atoms with Crippen LogP contribution in [0.25, 0.3) is 0 Å². The van der Waals surface area contributed by atoms with Gasteiger partial charge in [0.1, 0.15) is 0 Å². The summed E-state index contributed by atoms with van der Waals surface area (Å²) in [5, 5.41) is 0.990. The summed E-state index contributed by atoms with van der Waals surface area (Å²) in [6.45, 7) is 12.3. The number of fused-ring (bicyclic) bond motifs is 1. The van der Waals surface area contributed by atoms with Crippen molar-refractivity contribution >= 4 is 15.9 Å². The van der Waals surface area contributed by atoms with Crippen molar-refractivity contribution in [2.45, 2.75) is 73.1 Å². The molecule has 0 heterocycles. The number of rotatable bonds is 4. The van der Waals surface area contributed by atoms with Crippen LogP contribution in [0.1, 0.15) is 73.1 Å². The highest BCUT2D eigenvalue weighted by atomic mass is 79.9. The Morgan fingerprint density at radius 1 is 1.33 bits per heavy atom. The van der Waals surface area contributed by atoms with E-state index in [-0.39, 0.29) is 0 Å². The molecule has 2 aliphatic carbocycles. The van der Waals surface area contributed by atoms with Crippen molar-refractivity contribution < 1.29 is 0 Å². The number of hydrogen-bond donors (Lipinski definition) is 0. The van der Waals surface area contributed by atoms with E-state index < -0.39 is 0 Å². The molecule has 120 valence electrons. The van der Waals surface area contributed by atoms with E-state index in [2.05, 4.69) is 62.7 Å². The Hall–Kier alpha value is -0.0400. The van der Waals surface area contributed by atoms with Crippen molar-refractivity contribution in [1.29, 1.82) is 0 Å². The normalized spacial score (nSPS) is 36.1. The second-order valence-corrected chi connectivity index (χ2v) is 8.99. The summed E-state index contributed by atoms with van der Waals surface area (Å²) in [5.74, 6) is 1.65. The highest BCUT2D eigenvalue weighted by Gasteiger charge is 2.47. The molecule has 0 aromatic heterocycles. The minimum Gasteiger partial charge on any atom is -0.0883 e. The topological polar surface area (TPSA) is 0 Å². The van der Waals surface area contributed by atoms with Gasteiger partial charge in [0.15, 0.2) is 0 Å². The molecule has 2 aliphatic rings. The van der Waals surface area contributed by atoms with E-state index in [0.29, 0.717) is 10.8 Å². The predicted molar refractivity (Wildman–Crippen MR) is 97.9 cm³/mol. The van der Waals surface area contributed by atoms with Crippen molar-refractivity contribution in [1.82, 2.24) is 0 Å². The van der Waals surface area contributed by atoms with Gasteiger partial charge in [0.25, 0.3) is 0 Å². The molecule has 0 amide bonds. The third kappa shape index (κ3) is 3.49. The SMILES string of the molecule is C/C(=C\CBr)CC[C@]1(C)C2=CCCC(C)(C)[C@H]2CC[C@H]1C. The minimum absolute atomic E-state index is 0.419. The molecule has 0 N–H and O–H groups in total. The molecule has 21 heavy (non-hydrogen) atoms. The van der Waals surface area contributed by atoms with E-state index in [1.165, 1.54) is 44.1 Å². The van der Waals surface area contributed by atoms with Crippen molar-refractivity contribution in [3.63, 3.8) is 0 Å². The highest BCUT2D eigenvalue weighted by Crippen LogP contribution is 2.58. The summed E-state index contributed by atoms with van der Waals surface area (Å²) >= 11 is 3.52. The lowest BCUT2D eigenvalue weighted by Gasteiger charge is -2.53. The fourth-order valence-electron chi connectivity index (χ4n) is 4.62. The van der Waals surface area contributed by atoms with Gasteiger partial charge in [-0.2, -0.15) is 0 Å². The molecule has 0 nitrogen and oxygen atoms in total. The lowest BCUT2D eigenvalue weighted by molar-refractivity contribution is 0.0812. The Bertz CT molecular complexity index is 429. The first-order valence-electron chi connectivity index (χ1n) is 8.73. The smallest absolute Gasteiger partial charge is 0.0214 e. The monoisotopic (exact) mass is 352 g/mol. The summed E-state index contributed by atoms with van der Waals surface area (Å²) in [6.07, 6.45) is 13.0. The van der Waals surface area contributed by atoms with Gasteiger partial charge in [-0.15, -0.1) is 0 Å². The molecule has 0 aromatic rings. The third-order valence-electron chi connectivity index (χ3n) is 6.57. The fourth-order valence-corrected chi connectivity index (χ4v) is 5.17. The van der Waals surface area contributed by atoms with Gasteiger partial charge in [0.2, 0.25) is 0 Å². The fraction of sp³-hybridized carbons (Fsp3) is 0.800. The number of hydrogen-bond acceptors (Lipinski definition) is 0. The molecule has 0 unspecified atom stereocenters. The first kappa shape index (κ1) is 17.3. The third-order valence-corrected chi connectivity index (χ3v) is 6.90. The predicted octanol–water partition coefficient (Wildman–Crippen LogP) is 6.91. The van der Waals surface area contributed by atoms with E-state index in [1.807, 2.05) is 5.57 Å². The van der Waals surface area contributed by atoms with Crippen LogP contribution in [-0.4, -0.2) is 5.33 Å². The Labute approximate surface area is 140 Å². The van der Waals surface area contributed by atoms with Crippen LogP contribution in [0.15, 0.2) is 23.3 Å². The van der Waals surface area contributed by atoms with Crippen LogP contribution in [0, 0.1) is 22.7 Å². The highest BCUT2D eigenvalue weighted by molar-refractivity contribution is 9.09. The largest absolute Gasteiger partial charge is 0.0883 e. The number of alkyl halides is 1. The lowest BCUT2D eigenvalue weighted by atomic mass is 9.52. The average molecular weight is 353 g/mol.